The summed E-state index contributed by atoms with van der Waals surface area (Å²) in [6, 6.07) is 0. The molecule has 0 radical (unpaired) electrons. The van der Waals surface area contributed by atoms with Crippen LogP contribution in [0.1, 0.15) is 0 Å². The topological polar surface area (TPSA) is 116 Å². The Morgan fingerprint density at radius 1 is 1.00 bits per heavy atom. The molecule has 12 heavy (non-hydrogen) atoms. The molecule has 0 aliphatic carbocycles. The van der Waals surface area contributed by atoms with E-state index in [1.165, 1.54) is 0 Å². The lowest BCUT2D eigenvalue weighted by Gasteiger charge is -2.37. The van der Waals surface area contributed by atoms with Crippen molar-refractivity contribution in [3.05, 3.63) is 0 Å². The molecule has 1 fully saturated rings. The smallest absolute Gasteiger partial charge is 0.184 e. The maximum atomic E-state index is 9.20. The zero-order valence-electron chi connectivity index (χ0n) is 6.37. The Balaban J connectivity index is 2.63. The summed E-state index contributed by atoms with van der Waals surface area (Å²) in [5.74, 6) is 0. The highest BCUT2D eigenvalue weighted by atomic mass is 16.6. The number of hydrogen-bond acceptors (Lipinski definition) is 6. The van der Waals surface area contributed by atoms with Crippen LogP contribution >= 0.6 is 0 Å². The van der Waals surface area contributed by atoms with Gasteiger partial charge in [0.05, 0.1) is 0 Å². The first-order chi connectivity index (χ1) is 5.57. The van der Waals surface area contributed by atoms with Gasteiger partial charge in [0.2, 0.25) is 0 Å². The summed E-state index contributed by atoms with van der Waals surface area (Å²) in [4.78, 5) is 0. The molecule has 1 aliphatic heterocycles. The third-order valence-corrected chi connectivity index (χ3v) is 1.92. The fourth-order valence-corrected chi connectivity index (χ4v) is 1.13. The van der Waals surface area contributed by atoms with E-state index in [9.17, 15) is 5.11 Å². The highest BCUT2D eigenvalue weighted by Gasteiger charge is 2.42. The van der Waals surface area contributed by atoms with Gasteiger partial charge in [-0.05, 0) is 0 Å². The average molecular weight is 179 g/mol. The SMILES string of the molecule is NC[C@H]1O[C@H](O)[C@@H](O)[C@H](O)[C@H]1O. The van der Waals surface area contributed by atoms with Crippen molar-refractivity contribution in [3.63, 3.8) is 0 Å². The Morgan fingerprint density at radius 3 is 2.08 bits per heavy atom. The Morgan fingerprint density at radius 2 is 1.58 bits per heavy atom. The third-order valence-electron chi connectivity index (χ3n) is 1.92. The van der Waals surface area contributed by atoms with Crippen molar-refractivity contribution in [1.82, 2.24) is 0 Å². The van der Waals surface area contributed by atoms with E-state index in [1.54, 1.807) is 0 Å². The molecule has 1 heterocycles. The summed E-state index contributed by atoms with van der Waals surface area (Å²) in [6.07, 6.45) is -6.48. The lowest BCUT2D eigenvalue weighted by Crippen LogP contribution is -2.59. The van der Waals surface area contributed by atoms with Crippen molar-refractivity contribution < 1.29 is 25.2 Å². The molecule has 0 unspecified atom stereocenters. The summed E-state index contributed by atoms with van der Waals surface area (Å²) in [5.41, 5.74) is 5.17. The van der Waals surface area contributed by atoms with E-state index in [0.29, 0.717) is 0 Å². The minimum atomic E-state index is -1.49. The van der Waals surface area contributed by atoms with Crippen LogP contribution in [0, 0.1) is 0 Å². The standard InChI is InChI=1S/C6H13NO5/c7-1-2-3(8)4(9)5(10)6(11)12-2/h2-6,8-11H,1,7H2/t2-,3+,4-,5+,6+/m1/s1. The van der Waals surface area contributed by atoms with Crippen molar-refractivity contribution in [2.45, 2.75) is 30.7 Å². The predicted octanol–water partition coefficient (Wildman–Crippen LogP) is -3.25. The first-order valence-corrected chi connectivity index (χ1v) is 3.65. The van der Waals surface area contributed by atoms with Gasteiger partial charge in [0.15, 0.2) is 6.29 Å². The highest BCUT2D eigenvalue weighted by Crippen LogP contribution is 2.18. The van der Waals surface area contributed by atoms with E-state index >= 15 is 0 Å². The molecule has 5 atom stereocenters. The fourth-order valence-electron chi connectivity index (χ4n) is 1.13. The summed E-state index contributed by atoms with van der Waals surface area (Å²) in [5, 5.41) is 36.3. The molecule has 1 saturated heterocycles. The molecule has 0 bridgehead atoms. The van der Waals surface area contributed by atoms with Gasteiger partial charge in [0.1, 0.15) is 24.4 Å². The van der Waals surface area contributed by atoms with Crippen molar-refractivity contribution in [2.24, 2.45) is 5.73 Å². The molecule has 6 N–H and O–H groups in total. The lowest BCUT2D eigenvalue weighted by atomic mass is 9.99. The summed E-state index contributed by atoms with van der Waals surface area (Å²) in [7, 11) is 0. The minimum Gasteiger partial charge on any atom is -0.388 e. The zero-order chi connectivity index (χ0) is 9.30. The van der Waals surface area contributed by atoms with Crippen LogP contribution in [-0.4, -0.2) is 57.7 Å². The maximum absolute atomic E-state index is 9.20. The third kappa shape index (κ3) is 1.58. The molecular formula is C6H13NO5. The first-order valence-electron chi connectivity index (χ1n) is 3.65. The van der Waals surface area contributed by atoms with Crippen LogP contribution in [-0.2, 0) is 4.74 Å². The normalized spacial score (nSPS) is 49.2. The molecule has 0 aromatic rings. The second-order valence-corrected chi connectivity index (χ2v) is 2.77. The van der Waals surface area contributed by atoms with Crippen molar-refractivity contribution >= 4 is 0 Å². The van der Waals surface area contributed by atoms with E-state index < -0.39 is 30.7 Å². The van der Waals surface area contributed by atoms with E-state index in [0.717, 1.165) is 0 Å². The molecule has 1 rings (SSSR count). The van der Waals surface area contributed by atoms with E-state index in [-0.39, 0.29) is 6.54 Å². The first kappa shape index (κ1) is 9.85. The summed E-state index contributed by atoms with van der Waals surface area (Å²) in [6.45, 7) is -0.0258. The quantitative estimate of drug-likeness (QED) is 0.288. The molecule has 6 heteroatoms. The highest BCUT2D eigenvalue weighted by molar-refractivity contribution is 4.88. The molecule has 1 aliphatic rings. The van der Waals surface area contributed by atoms with Gasteiger partial charge in [-0.1, -0.05) is 0 Å². The van der Waals surface area contributed by atoms with Crippen LogP contribution in [0.5, 0.6) is 0 Å². The van der Waals surface area contributed by atoms with Crippen LogP contribution in [0.2, 0.25) is 0 Å². The Labute approximate surface area is 69.2 Å². The molecule has 6 nitrogen and oxygen atoms in total. The molecule has 0 aromatic carbocycles. The second kappa shape index (κ2) is 3.65. The maximum Gasteiger partial charge on any atom is 0.184 e. The Hall–Kier alpha value is -0.240. The number of aliphatic hydroxyl groups excluding tert-OH is 4. The molecule has 0 aromatic heterocycles. The van der Waals surface area contributed by atoms with Gasteiger partial charge in [0, 0.05) is 6.54 Å². The Kier molecular flexibility index (Phi) is 2.99. The number of rotatable bonds is 1. The van der Waals surface area contributed by atoms with Crippen molar-refractivity contribution in [1.29, 1.82) is 0 Å². The largest absolute Gasteiger partial charge is 0.388 e. The van der Waals surface area contributed by atoms with Crippen LogP contribution in [0.4, 0.5) is 0 Å². The molecular weight excluding hydrogens is 166 g/mol. The van der Waals surface area contributed by atoms with Crippen molar-refractivity contribution in [2.75, 3.05) is 6.54 Å². The molecule has 0 amide bonds. The predicted molar refractivity (Wildman–Crippen MR) is 38.0 cm³/mol. The van der Waals surface area contributed by atoms with Gasteiger partial charge in [-0.15, -0.1) is 0 Å². The second-order valence-electron chi connectivity index (χ2n) is 2.77. The number of aliphatic hydroxyl groups is 4. The van der Waals surface area contributed by atoms with Gasteiger partial charge in [-0.25, -0.2) is 0 Å². The van der Waals surface area contributed by atoms with Crippen LogP contribution in [0.15, 0.2) is 0 Å². The molecule has 0 spiro atoms. The van der Waals surface area contributed by atoms with Gasteiger partial charge < -0.3 is 30.9 Å². The number of nitrogens with two attached hydrogens (primary N) is 1. The van der Waals surface area contributed by atoms with Gasteiger partial charge >= 0.3 is 0 Å². The van der Waals surface area contributed by atoms with Gasteiger partial charge in [-0.3, -0.25) is 0 Å². The van der Waals surface area contributed by atoms with Crippen molar-refractivity contribution in [3.8, 4) is 0 Å². The van der Waals surface area contributed by atoms with E-state index in [2.05, 4.69) is 0 Å². The van der Waals surface area contributed by atoms with Gasteiger partial charge in [0.25, 0.3) is 0 Å². The Bertz CT molecular complexity index is 150. The molecule has 0 saturated carbocycles. The van der Waals surface area contributed by atoms with Crippen LogP contribution < -0.4 is 5.73 Å². The van der Waals surface area contributed by atoms with Crippen LogP contribution in [0.25, 0.3) is 0 Å². The van der Waals surface area contributed by atoms with E-state index in [4.69, 9.17) is 25.8 Å². The molecule has 72 valence electrons. The zero-order valence-corrected chi connectivity index (χ0v) is 6.37. The monoisotopic (exact) mass is 179 g/mol. The van der Waals surface area contributed by atoms with Crippen LogP contribution in [0.3, 0.4) is 0 Å². The number of ether oxygens (including phenoxy) is 1. The lowest BCUT2D eigenvalue weighted by molar-refractivity contribution is -0.279. The fraction of sp³-hybridized carbons (Fsp3) is 1.00. The van der Waals surface area contributed by atoms with Gasteiger partial charge in [-0.2, -0.15) is 0 Å². The number of hydrogen-bond donors (Lipinski definition) is 5. The van der Waals surface area contributed by atoms with E-state index in [1.807, 2.05) is 0 Å². The average Bonchev–Trinajstić information content (AvgIpc) is 2.08. The summed E-state index contributed by atoms with van der Waals surface area (Å²) >= 11 is 0. The minimum absolute atomic E-state index is 0.0258. The summed E-state index contributed by atoms with van der Waals surface area (Å²) < 4.78 is 4.70.